The fraction of sp³-hybridized carbons (Fsp3) is 1.00. The summed E-state index contributed by atoms with van der Waals surface area (Å²) in [5.41, 5.74) is 0. The van der Waals surface area contributed by atoms with Gasteiger partial charge in [0.05, 0.1) is 6.10 Å². The van der Waals surface area contributed by atoms with E-state index in [9.17, 15) is 5.11 Å². The molecule has 1 fully saturated rings. The molecule has 0 aromatic heterocycles. The lowest BCUT2D eigenvalue weighted by atomic mass is 9.93. The lowest BCUT2D eigenvalue weighted by molar-refractivity contribution is 0.0613. The van der Waals surface area contributed by atoms with E-state index in [0.717, 1.165) is 26.1 Å². The van der Waals surface area contributed by atoms with Gasteiger partial charge in [0, 0.05) is 20.3 Å². The van der Waals surface area contributed by atoms with Crippen LogP contribution in [0.1, 0.15) is 32.6 Å². The van der Waals surface area contributed by atoms with Crippen LogP contribution >= 0.6 is 0 Å². The zero-order valence-corrected chi connectivity index (χ0v) is 10.1. The van der Waals surface area contributed by atoms with E-state index in [2.05, 4.69) is 4.90 Å². The van der Waals surface area contributed by atoms with E-state index in [1.54, 1.807) is 7.11 Å². The highest BCUT2D eigenvalue weighted by molar-refractivity contribution is 4.76. The molecule has 0 aliphatic carbocycles. The largest absolute Gasteiger partial charge is 0.393 e. The summed E-state index contributed by atoms with van der Waals surface area (Å²) in [6.07, 6.45) is 4.63. The molecule has 1 N–H and O–H groups in total. The Hall–Kier alpha value is -0.120. The van der Waals surface area contributed by atoms with Gasteiger partial charge in [-0.25, -0.2) is 0 Å². The van der Waals surface area contributed by atoms with Crippen LogP contribution in [0.4, 0.5) is 0 Å². The van der Waals surface area contributed by atoms with Crippen LogP contribution in [-0.4, -0.2) is 49.5 Å². The summed E-state index contributed by atoms with van der Waals surface area (Å²) in [7, 11) is 1.75. The second kappa shape index (κ2) is 7.20. The van der Waals surface area contributed by atoms with Crippen LogP contribution in [0.15, 0.2) is 0 Å². The van der Waals surface area contributed by atoms with Crippen molar-refractivity contribution in [3.63, 3.8) is 0 Å². The van der Waals surface area contributed by atoms with Gasteiger partial charge in [0.1, 0.15) is 0 Å². The van der Waals surface area contributed by atoms with Crippen LogP contribution in [-0.2, 0) is 4.74 Å². The van der Waals surface area contributed by atoms with Gasteiger partial charge in [0.15, 0.2) is 0 Å². The van der Waals surface area contributed by atoms with Crippen LogP contribution in [0.25, 0.3) is 0 Å². The van der Waals surface area contributed by atoms with Crippen LogP contribution in [0.5, 0.6) is 0 Å². The molecule has 1 aliphatic rings. The van der Waals surface area contributed by atoms with Crippen molar-refractivity contribution in [2.24, 2.45) is 5.92 Å². The van der Waals surface area contributed by atoms with Crippen molar-refractivity contribution < 1.29 is 9.84 Å². The Labute approximate surface area is 93.4 Å². The number of aliphatic hydroxyl groups is 1. The highest BCUT2D eigenvalue weighted by atomic mass is 16.5. The normalized spacial score (nSPS) is 25.4. The molecular weight excluding hydrogens is 190 g/mol. The minimum absolute atomic E-state index is 0.147. The molecule has 0 radical (unpaired) electrons. The Balaban J connectivity index is 2.13. The number of likely N-dealkylation sites (tertiary alicyclic amines) is 1. The smallest absolute Gasteiger partial charge is 0.0552 e. The minimum Gasteiger partial charge on any atom is -0.393 e. The molecule has 2 unspecified atom stereocenters. The second-order valence-electron chi connectivity index (χ2n) is 4.64. The SMILES string of the molecule is COCCCCN1CCCC(C(C)O)C1. The molecule has 0 aromatic rings. The summed E-state index contributed by atoms with van der Waals surface area (Å²) in [5.74, 6) is 0.487. The number of nitrogens with zero attached hydrogens (tertiary/aromatic N) is 1. The van der Waals surface area contributed by atoms with Gasteiger partial charge >= 0.3 is 0 Å². The molecule has 0 aromatic carbocycles. The molecular formula is C12H25NO2. The predicted molar refractivity (Wildman–Crippen MR) is 62.0 cm³/mol. The van der Waals surface area contributed by atoms with Crippen molar-refractivity contribution in [1.29, 1.82) is 0 Å². The molecule has 1 aliphatic heterocycles. The van der Waals surface area contributed by atoms with Gasteiger partial charge in [-0.05, 0) is 51.6 Å². The number of ether oxygens (including phenoxy) is 1. The predicted octanol–water partition coefficient (Wildman–Crippen LogP) is 1.51. The third-order valence-corrected chi connectivity index (χ3v) is 3.30. The maximum Gasteiger partial charge on any atom is 0.0552 e. The number of aliphatic hydroxyl groups excluding tert-OH is 1. The number of hydrogen-bond acceptors (Lipinski definition) is 3. The van der Waals surface area contributed by atoms with Gasteiger partial charge in [-0.15, -0.1) is 0 Å². The van der Waals surface area contributed by atoms with Crippen molar-refractivity contribution in [1.82, 2.24) is 4.90 Å². The van der Waals surface area contributed by atoms with Gasteiger partial charge in [-0.1, -0.05) is 0 Å². The van der Waals surface area contributed by atoms with E-state index in [1.807, 2.05) is 6.92 Å². The van der Waals surface area contributed by atoms with Crippen LogP contribution in [0, 0.1) is 5.92 Å². The van der Waals surface area contributed by atoms with E-state index in [0.29, 0.717) is 5.92 Å². The van der Waals surface area contributed by atoms with Gasteiger partial charge in [0.25, 0.3) is 0 Å². The Morgan fingerprint density at radius 1 is 1.47 bits per heavy atom. The number of unbranched alkanes of at least 4 members (excludes halogenated alkanes) is 1. The van der Waals surface area contributed by atoms with Crippen LogP contribution < -0.4 is 0 Å². The van der Waals surface area contributed by atoms with Crippen molar-refractivity contribution in [2.75, 3.05) is 33.4 Å². The molecule has 3 nitrogen and oxygen atoms in total. The van der Waals surface area contributed by atoms with Crippen LogP contribution in [0.2, 0.25) is 0 Å². The third kappa shape index (κ3) is 4.96. The first-order valence-corrected chi connectivity index (χ1v) is 6.13. The maximum absolute atomic E-state index is 9.56. The first-order chi connectivity index (χ1) is 7.24. The molecule has 0 amide bonds. The molecule has 1 rings (SSSR count). The minimum atomic E-state index is -0.147. The van der Waals surface area contributed by atoms with Crippen molar-refractivity contribution in [2.45, 2.75) is 38.7 Å². The van der Waals surface area contributed by atoms with Crippen molar-refractivity contribution in [3.8, 4) is 0 Å². The lowest BCUT2D eigenvalue weighted by Crippen LogP contribution is -2.39. The van der Waals surface area contributed by atoms with E-state index in [-0.39, 0.29) is 6.10 Å². The topological polar surface area (TPSA) is 32.7 Å². The van der Waals surface area contributed by atoms with Gasteiger partial charge in [-0.3, -0.25) is 0 Å². The number of methoxy groups -OCH3 is 1. The van der Waals surface area contributed by atoms with Gasteiger partial charge < -0.3 is 14.7 Å². The molecule has 0 bridgehead atoms. The standard InChI is InChI=1S/C12H25NO2/c1-11(14)12-6-5-8-13(10-12)7-3-4-9-15-2/h11-12,14H,3-10H2,1-2H3. The molecule has 15 heavy (non-hydrogen) atoms. The van der Waals surface area contributed by atoms with E-state index >= 15 is 0 Å². The third-order valence-electron chi connectivity index (χ3n) is 3.30. The summed E-state index contributed by atoms with van der Waals surface area (Å²) in [6.45, 7) is 6.22. The molecule has 1 heterocycles. The molecule has 2 atom stereocenters. The van der Waals surface area contributed by atoms with Gasteiger partial charge in [-0.2, -0.15) is 0 Å². The lowest BCUT2D eigenvalue weighted by Gasteiger charge is -2.34. The quantitative estimate of drug-likeness (QED) is 0.682. The first kappa shape index (κ1) is 12.9. The van der Waals surface area contributed by atoms with E-state index in [4.69, 9.17) is 4.74 Å². The maximum atomic E-state index is 9.56. The summed E-state index contributed by atoms with van der Waals surface area (Å²) in [5, 5.41) is 9.56. The fourth-order valence-corrected chi connectivity index (χ4v) is 2.27. The van der Waals surface area contributed by atoms with Gasteiger partial charge in [0.2, 0.25) is 0 Å². The molecule has 3 heteroatoms. The molecule has 0 spiro atoms. The van der Waals surface area contributed by atoms with Crippen molar-refractivity contribution >= 4 is 0 Å². The molecule has 90 valence electrons. The number of hydrogen-bond donors (Lipinski definition) is 1. The Morgan fingerprint density at radius 3 is 2.93 bits per heavy atom. The fourth-order valence-electron chi connectivity index (χ4n) is 2.27. The second-order valence-corrected chi connectivity index (χ2v) is 4.64. The monoisotopic (exact) mass is 215 g/mol. The Morgan fingerprint density at radius 2 is 2.27 bits per heavy atom. The highest BCUT2D eigenvalue weighted by Gasteiger charge is 2.22. The van der Waals surface area contributed by atoms with E-state index < -0.39 is 0 Å². The summed E-state index contributed by atoms with van der Waals surface area (Å²) in [6, 6.07) is 0. The molecule has 0 saturated carbocycles. The molecule has 1 saturated heterocycles. The first-order valence-electron chi connectivity index (χ1n) is 6.13. The summed E-state index contributed by atoms with van der Waals surface area (Å²) < 4.78 is 5.03. The average Bonchev–Trinajstić information content (AvgIpc) is 2.25. The van der Waals surface area contributed by atoms with Crippen molar-refractivity contribution in [3.05, 3.63) is 0 Å². The Bertz CT molecular complexity index is 162. The zero-order chi connectivity index (χ0) is 11.1. The summed E-state index contributed by atoms with van der Waals surface area (Å²) in [4.78, 5) is 2.48. The summed E-state index contributed by atoms with van der Waals surface area (Å²) >= 11 is 0. The number of piperidine rings is 1. The zero-order valence-electron chi connectivity index (χ0n) is 10.1. The number of rotatable bonds is 6. The highest BCUT2D eigenvalue weighted by Crippen LogP contribution is 2.19. The average molecular weight is 215 g/mol. The Kier molecular flexibility index (Phi) is 6.22. The van der Waals surface area contributed by atoms with E-state index in [1.165, 1.54) is 25.8 Å². The van der Waals surface area contributed by atoms with Crippen LogP contribution in [0.3, 0.4) is 0 Å².